The molecule has 4 heteroatoms. The van der Waals surface area contributed by atoms with Crippen molar-refractivity contribution in [3.8, 4) is 0 Å². The van der Waals surface area contributed by atoms with E-state index in [9.17, 15) is 5.41 Å². The van der Waals surface area contributed by atoms with Gasteiger partial charge in [0.2, 0.25) is 0 Å². The first kappa shape index (κ1) is 22.6. The van der Waals surface area contributed by atoms with Gasteiger partial charge in [-0.1, -0.05) is 54.4 Å². The number of allylic oxidation sites excluding steroid dienone is 7. The predicted octanol–water partition coefficient (Wildman–Crippen LogP) is 7.43. The number of aromatic nitrogens is 1. The molecule has 0 aliphatic rings. The number of nitrogens with zero attached hydrogens (tertiary/aromatic N) is 2. The van der Waals surface area contributed by atoms with Gasteiger partial charge in [-0.05, 0) is 24.2 Å². The first-order valence-electron chi connectivity index (χ1n) is 10.9. The van der Waals surface area contributed by atoms with Crippen molar-refractivity contribution in [3.63, 3.8) is 0 Å². The topological polar surface area (TPSA) is 48.3 Å². The molecule has 4 rings (SSSR count). The number of benzene rings is 2. The van der Waals surface area contributed by atoms with Crippen LogP contribution in [0, 0.1) is 19.1 Å². The van der Waals surface area contributed by atoms with E-state index in [1.807, 2.05) is 49.4 Å². The second-order valence-electron chi connectivity index (χ2n) is 6.71. The number of para-hydroxylation sites is 1. The van der Waals surface area contributed by atoms with E-state index >= 15 is 0 Å². The molecule has 0 aliphatic carbocycles. The number of fused-ring (bicyclic) bond motifs is 3. The quantitative estimate of drug-likeness (QED) is 0.130. The Labute approximate surface area is 211 Å². The van der Waals surface area contributed by atoms with Crippen molar-refractivity contribution in [3.05, 3.63) is 139 Å². The van der Waals surface area contributed by atoms with Crippen LogP contribution in [0.2, 0.25) is 0 Å². The Balaban J connectivity index is 0.000000284. The molecule has 0 spiro atoms. The number of hydrogen-bond donors (Lipinski definition) is 0. The Morgan fingerprint density at radius 1 is 1.12 bits per heavy atom. The molecule has 0 radical (unpaired) electrons. The third kappa shape index (κ3) is 6.23. The van der Waals surface area contributed by atoms with Crippen molar-refractivity contribution in [2.24, 2.45) is 0 Å². The molecule has 0 amide bonds. The summed E-state index contributed by atoms with van der Waals surface area (Å²) in [5.41, 5.74) is 3.76. The molecule has 2 aromatic heterocycles. The van der Waals surface area contributed by atoms with E-state index in [2.05, 4.69) is 36.9 Å². The van der Waals surface area contributed by atoms with Gasteiger partial charge in [-0.25, -0.2) is 5.71 Å². The van der Waals surface area contributed by atoms with Crippen LogP contribution < -0.4 is 0 Å². The van der Waals surface area contributed by atoms with Gasteiger partial charge in [0, 0.05) is 18.5 Å². The SMILES string of the molecule is C=CC=[C-]C(=C)c1ccccn1.[2H]/C(C=C)=C(\[2H])C(=[N-])c1[c-]ccc2c1oc1c(C)cccc12.[Ir+3]. The molecule has 0 saturated carbocycles. The van der Waals surface area contributed by atoms with E-state index in [0.29, 0.717) is 5.58 Å². The van der Waals surface area contributed by atoms with Gasteiger partial charge in [0.1, 0.15) is 5.58 Å². The minimum atomic E-state index is -0.341. The summed E-state index contributed by atoms with van der Waals surface area (Å²) < 4.78 is 21.3. The fourth-order valence-electron chi connectivity index (χ4n) is 3.04. The zero-order chi connectivity index (χ0) is 24.7. The molecule has 0 N–H and O–H groups in total. The Bertz CT molecular complexity index is 1450. The van der Waals surface area contributed by atoms with Crippen molar-refractivity contribution in [1.29, 1.82) is 0 Å². The molecule has 2 heterocycles. The van der Waals surface area contributed by atoms with Gasteiger partial charge in [-0.15, -0.1) is 60.2 Å². The van der Waals surface area contributed by atoms with Crippen LogP contribution in [0.4, 0.5) is 0 Å². The number of rotatable bonds is 6. The average Bonchev–Trinajstić information content (AvgIpc) is 3.27. The summed E-state index contributed by atoms with van der Waals surface area (Å²) in [7, 11) is 0. The van der Waals surface area contributed by atoms with Crippen molar-refractivity contribution >= 4 is 33.2 Å². The zero-order valence-corrected chi connectivity index (χ0v) is 20.6. The third-order valence-corrected chi connectivity index (χ3v) is 4.53. The van der Waals surface area contributed by atoms with E-state index in [1.165, 1.54) is 6.08 Å². The molecule has 0 atom stereocenters. The van der Waals surface area contributed by atoms with Crippen LogP contribution in [0.1, 0.15) is 19.6 Å². The summed E-state index contributed by atoms with van der Waals surface area (Å²) in [6, 6.07) is 17.5. The fraction of sp³-hybridized carbons (Fsp3) is 0.0345. The normalized spacial score (nSPS) is 12.0. The van der Waals surface area contributed by atoms with Crippen LogP contribution in [0.25, 0.3) is 32.9 Å². The summed E-state index contributed by atoms with van der Waals surface area (Å²) in [5.74, 6) is 0. The van der Waals surface area contributed by atoms with Crippen LogP contribution in [-0.4, -0.2) is 10.7 Å². The first-order chi connectivity index (χ1) is 16.4. The van der Waals surface area contributed by atoms with Gasteiger partial charge in [0.25, 0.3) is 0 Å². The van der Waals surface area contributed by atoms with E-state index < -0.39 is 0 Å². The summed E-state index contributed by atoms with van der Waals surface area (Å²) in [6.07, 6.45) is 9.27. The van der Waals surface area contributed by atoms with Gasteiger partial charge < -0.3 is 14.8 Å². The monoisotopic (exact) mass is 610 g/mol. The largest absolute Gasteiger partial charge is 3.00 e. The smallest absolute Gasteiger partial charge is 0.855 e. The molecule has 33 heavy (non-hydrogen) atoms. The number of hydrogen-bond acceptors (Lipinski definition) is 2. The number of pyridine rings is 1. The standard InChI is InChI=1S/C18H13NO.C11H10N.Ir/c1-3-4-11-16(19)15-10-6-9-14-13-8-5-7-12(2)17(13)20-18(14)15;1-3-4-7-10(2)11-8-5-6-9-12-11;/h3-9,11H,1H2,2H3;3-6,8-9H,1-2H2;/q-2;-1;+3/b11-4-;;/i4D,11D;;. The number of furan rings is 1. The summed E-state index contributed by atoms with van der Waals surface area (Å²) in [5, 5.41) is 12.1. The molecule has 3 nitrogen and oxygen atoms in total. The second-order valence-corrected chi connectivity index (χ2v) is 6.71. The van der Waals surface area contributed by atoms with Gasteiger partial charge >= 0.3 is 20.1 Å². The molecule has 0 bridgehead atoms. The predicted molar refractivity (Wildman–Crippen MR) is 135 cm³/mol. The molecule has 4 aromatic rings. The van der Waals surface area contributed by atoms with E-state index in [-0.39, 0.29) is 43.5 Å². The summed E-state index contributed by atoms with van der Waals surface area (Å²) in [6.45, 7) is 12.8. The molecule has 0 aliphatic heterocycles. The van der Waals surface area contributed by atoms with Crippen LogP contribution >= 0.6 is 0 Å². The van der Waals surface area contributed by atoms with Crippen molar-refractivity contribution in [2.45, 2.75) is 6.92 Å². The van der Waals surface area contributed by atoms with Crippen molar-refractivity contribution in [2.75, 3.05) is 0 Å². The Morgan fingerprint density at radius 2 is 1.91 bits per heavy atom. The van der Waals surface area contributed by atoms with Gasteiger partial charge in [-0.3, -0.25) is 0 Å². The summed E-state index contributed by atoms with van der Waals surface area (Å²) >= 11 is 0. The minimum Gasteiger partial charge on any atom is -0.855 e. The van der Waals surface area contributed by atoms with Crippen molar-refractivity contribution < 1.29 is 27.3 Å². The van der Waals surface area contributed by atoms with Crippen LogP contribution in [0.5, 0.6) is 0 Å². The second kappa shape index (κ2) is 12.4. The maximum atomic E-state index is 10.3. The van der Waals surface area contributed by atoms with Crippen LogP contribution in [-0.2, 0) is 20.1 Å². The van der Waals surface area contributed by atoms with Gasteiger partial charge in [-0.2, -0.15) is 6.58 Å². The molecule has 2 aromatic carbocycles. The molecule has 0 saturated heterocycles. The molecule has 0 fully saturated rings. The van der Waals surface area contributed by atoms with E-state index in [1.54, 1.807) is 24.4 Å². The van der Waals surface area contributed by atoms with E-state index in [4.69, 9.17) is 7.16 Å². The third-order valence-electron chi connectivity index (χ3n) is 4.53. The molecular weight excluding hydrogens is 585 g/mol. The molecule has 164 valence electrons. The van der Waals surface area contributed by atoms with Crippen molar-refractivity contribution in [1.82, 2.24) is 4.98 Å². The van der Waals surface area contributed by atoms with E-state index in [0.717, 1.165) is 33.2 Å². The maximum Gasteiger partial charge on any atom is 3.00 e. The van der Waals surface area contributed by atoms with Gasteiger partial charge in [0.05, 0.1) is 1.37 Å². The summed E-state index contributed by atoms with van der Waals surface area (Å²) in [4.78, 5) is 4.12. The molecule has 0 unspecified atom stereocenters. The Hall–Kier alpha value is -3.59. The van der Waals surface area contributed by atoms with Crippen LogP contribution in [0.3, 0.4) is 0 Å². The average molecular weight is 610 g/mol. The maximum absolute atomic E-state index is 10.3. The zero-order valence-electron chi connectivity index (χ0n) is 20.2. The Kier molecular flexibility index (Phi) is 8.52. The number of aryl methyl sites for hydroxylation is 1. The van der Waals surface area contributed by atoms with Crippen LogP contribution in [0.15, 0.2) is 109 Å². The Morgan fingerprint density at radius 3 is 2.61 bits per heavy atom. The molecular formula is C29H23IrN2O. The first-order valence-corrected chi connectivity index (χ1v) is 9.89. The van der Waals surface area contributed by atoms with Gasteiger partial charge in [0.15, 0.2) is 0 Å². The minimum absolute atomic E-state index is 0. The fourth-order valence-corrected chi connectivity index (χ4v) is 3.04.